The summed E-state index contributed by atoms with van der Waals surface area (Å²) in [6, 6.07) is 0. The van der Waals surface area contributed by atoms with Gasteiger partial charge in [-0.15, -0.1) is 0 Å². The van der Waals surface area contributed by atoms with Crippen LogP contribution in [0.15, 0.2) is 0 Å². The van der Waals surface area contributed by atoms with E-state index < -0.39 is 6.09 Å². The molecule has 1 aliphatic rings. The molecule has 0 aromatic carbocycles. The molecule has 82 valence electrons. The van der Waals surface area contributed by atoms with E-state index in [-0.39, 0.29) is 5.54 Å². The lowest BCUT2D eigenvalue weighted by atomic mass is 10.1. The number of hydrazine groups is 1. The third-order valence-electron chi connectivity index (χ3n) is 2.53. The first-order valence-electron chi connectivity index (χ1n) is 5.21. The number of nitrogens with zero attached hydrogens (tertiary/aromatic N) is 2. The standard InChI is InChI=1S/C10H20N2O2/c1-10(2,3)12-8-6-4-5-7-11(12)9(13)14/h4-8H2,1-3H3,(H,13,14). The van der Waals surface area contributed by atoms with E-state index in [1.165, 1.54) is 5.01 Å². The molecular formula is C10H20N2O2. The van der Waals surface area contributed by atoms with Crippen LogP contribution < -0.4 is 0 Å². The fourth-order valence-electron chi connectivity index (χ4n) is 1.84. The van der Waals surface area contributed by atoms with E-state index in [9.17, 15) is 4.79 Å². The monoisotopic (exact) mass is 200 g/mol. The highest BCUT2D eigenvalue weighted by atomic mass is 16.4. The number of hydrogen-bond donors (Lipinski definition) is 1. The van der Waals surface area contributed by atoms with Gasteiger partial charge in [0.05, 0.1) is 0 Å². The van der Waals surface area contributed by atoms with Gasteiger partial charge < -0.3 is 5.11 Å². The molecule has 0 saturated carbocycles. The van der Waals surface area contributed by atoms with E-state index in [1.807, 2.05) is 25.8 Å². The summed E-state index contributed by atoms with van der Waals surface area (Å²) in [7, 11) is 0. The van der Waals surface area contributed by atoms with E-state index in [4.69, 9.17) is 5.11 Å². The SMILES string of the molecule is CC(C)(C)N1CCCCCN1C(=O)O. The van der Waals surface area contributed by atoms with Crippen LogP contribution in [0.5, 0.6) is 0 Å². The van der Waals surface area contributed by atoms with Gasteiger partial charge in [0.2, 0.25) is 0 Å². The number of amides is 1. The summed E-state index contributed by atoms with van der Waals surface area (Å²) in [6.07, 6.45) is 2.35. The largest absolute Gasteiger partial charge is 0.464 e. The average Bonchev–Trinajstić information content (AvgIpc) is 2.26. The minimum atomic E-state index is -0.832. The molecule has 1 N–H and O–H groups in total. The lowest BCUT2D eigenvalue weighted by Crippen LogP contribution is -2.54. The van der Waals surface area contributed by atoms with E-state index in [0.717, 1.165) is 25.8 Å². The van der Waals surface area contributed by atoms with Crippen molar-refractivity contribution < 1.29 is 9.90 Å². The summed E-state index contributed by atoms with van der Waals surface area (Å²) in [5.41, 5.74) is -0.108. The van der Waals surface area contributed by atoms with Crippen molar-refractivity contribution in [3.8, 4) is 0 Å². The van der Waals surface area contributed by atoms with Gasteiger partial charge in [-0.3, -0.25) is 0 Å². The molecule has 1 aliphatic heterocycles. The Morgan fingerprint density at radius 1 is 1.14 bits per heavy atom. The number of hydrogen-bond acceptors (Lipinski definition) is 2. The minimum Gasteiger partial charge on any atom is -0.464 e. The molecule has 1 rings (SSSR count). The van der Waals surface area contributed by atoms with E-state index in [1.54, 1.807) is 0 Å². The molecule has 0 aromatic heterocycles. The van der Waals surface area contributed by atoms with Gasteiger partial charge in [0.1, 0.15) is 0 Å². The van der Waals surface area contributed by atoms with Crippen LogP contribution in [0.25, 0.3) is 0 Å². The molecule has 0 unspecified atom stereocenters. The Morgan fingerprint density at radius 3 is 2.21 bits per heavy atom. The molecular weight excluding hydrogens is 180 g/mol. The van der Waals surface area contributed by atoms with E-state index in [2.05, 4.69) is 0 Å². The van der Waals surface area contributed by atoms with Crippen molar-refractivity contribution >= 4 is 6.09 Å². The van der Waals surface area contributed by atoms with E-state index in [0.29, 0.717) is 6.54 Å². The molecule has 4 nitrogen and oxygen atoms in total. The lowest BCUT2D eigenvalue weighted by molar-refractivity contribution is -0.0635. The fourth-order valence-corrected chi connectivity index (χ4v) is 1.84. The van der Waals surface area contributed by atoms with Crippen LogP contribution in [0, 0.1) is 0 Å². The Labute approximate surface area is 85.5 Å². The van der Waals surface area contributed by atoms with Crippen LogP contribution in [0.2, 0.25) is 0 Å². The maximum Gasteiger partial charge on any atom is 0.422 e. The number of rotatable bonds is 0. The molecule has 0 atom stereocenters. The number of carboxylic acid groups (broad SMARTS) is 1. The third kappa shape index (κ3) is 2.61. The van der Waals surface area contributed by atoms with Crippen molar-refractivity contribution in [2.45, 2.75) is 45.6 Å². The first kappa shape index (κ1) is 11.3. The second-order valence-electron chi connectivity index (χ2n) is 4.76. The van der Waals surface area contributed by atoms with Gasteiger partial charge in [-0.1, -0.05) is 6.42 Å². The summed E-state index contributed by atoms with van der Waals surface area (Å²) >= 11 is 0. The molecule has 0 spiro atoms. The maximum absolute atomic E-state index is 11.0. The van der Waals surface area contributed by atoms with E-state index >= 15 is 0 Å². The second-order valence-corrected chi connectivity index (χ2v) is 4.76. The molecule has 1 fully saturated rings. The summed E-state index contributed by atoms with van der Waals surface area (Å²) < 4.78 is 0. The molecule has 1 heterocycles. The van der Waals surface area contributed by atoms with Crippen LogP contribution in [-0.4, -0.2) is 39.8 Å². The van der Waals surface area contributed by atoms with Gasteiger partial charge in [-0.25, -0.2) is 14.8 Å². The zero-order valence-corrected chi connectivity index (χ0v) is 9.29. The molecule has 0 bridgehead atoms. The van der Waals surface area contributed by atoms with Crippen molar-refractivity contribution in [3.05, 3.63) is 0 Å². The zero-order chi connectivity index (χ0) is 10.8. The Hall–Kier alpha value is -0.770. The van der Waals surface area contributed by atoms with Gasteiger partial charge in [0.25, 0.3) is 0 Å². The second kappa shape index (κ2) is 4.17. The molecule has 0 aromatic rings. The van der Waals surface area contributed by atoms with Crippen LogP contribution >= 0.6 is 0 Å². The lowest BCUT2D eigenvalue weighted by Gasteiger charge is -2.40. The molecule has 0 aliphatic carbocycles. The van der Waals surface area contributed by atoms with Crippen LogP contribution in [0.4, 0.5) is 4.79 Å². The average molecular weight is 200 g/mol. The molecule has 1 saturated heterocycles. The predicted octanol–water partition coefficient (Wildman–Crippen LogP) is 2.17. The summed E-state index contributed by atoms with van der Waals surface area (Å²) in [4.78, 5) is 11.0. The third-order valence-corrected chi connectivity index (χ3v) is 2.53. The Morgan fingerprint density at radius 2 is 1.71 bits per heavy atom. The number of carbonyl (C=O) groups is 1. The van der Waals surface area contributed by atoms with Gasteiger partial charge >= 0.3 is 6.09 Å². The quantitative estimate of drug-likeness (QED) is 0.651. The Bertz CT molecular complexity index is 211. The fraction of sp³-hybridized carbons (Fsp3) is 0.900. The van der Waals surface area contributed by atoms with Gasteiger partial charge in [0, 0.05) is 18.6 Å². The zero-order valence-electron chi connectivity index (χ0n) is 9.29. The van der Waals surface area contributed by atoms with Crippen LogP contribution in [-0.2, 0) is 0 Å². The van der Waals surface area contributed by atoms with Gasteiger partial charge in [-0.05, 0) is 33.6 Å². The molecule has 1 amide bonds. The first-order valence-corrected chi connectivity index (χ1v) is 5.21. The summed E-state index contributed by atoms with van der Waals surface area (Å²) in [6.45, 7) is 7.62. The first-order chi connectivity index (χ1) is 6.43. The highest BCUT2D eigenvalue weighted by molar-refractivity contribution is 5.64. The molecule has 4 heteroatoms. The predicted molar refractivity (Wildman–Crippen MR) is 55.0 cm³/mol. The van der Waals surface area contributed by atoms with Crippen molar-refractivity contribution in [1.29, 1.82) is 0 Å². The molecule has 0 radical (unpaired) electrons. The normalized spacial score (nSPS) is 20.6. The van der Waals surface area contributed by atoms with Crippen LogP contribution in [0.3, 0.4) is 0 Å². The smallest absolute Gasteiger partial charge is 0.422 e. The van der Waals surface area contributed by atoms with Gasteiger partial charge in [0.15, 0.2) is 0 Å². The highest BCUT2D eigenvalue weighted by Gasteiger charge is 2.31. The van der Waals surface area contributed by atoms with Crippen molar-refractivity contribution in [1.82, 2.24) is 10.0 Å². The maximum atomic E-state index is 11.0. The van der Waals surface area contributed by atoms with Crippen LogP contribution in [0.1, 0.15) is 40.0 Å². The highest BCUT2D eigenvalue weighted by Crippen LogP contribution is 2.21. The minimum absolute atomic E-state index is 0.108. The topological polar surface area (TPSA) is 43.8 Å². The summed E-state index contributed by atoms with van der Waals surface area (Å²) in [5.74, 6) is 0. The molecule has 14 heavy (non-hydrogen) atoms. The van der Waals surface area contributed by atoms with Crippen molar-refractivity contribution in [3.63, 3.8) is 0 Å². The van der Waals surface area contributed by atoms with Gasteiger partial charge in [-0.2, -0.15) is 0 Å². The van der Waals surface area contributed by atoms with Crippen molar-refractivity contribution in [2.24, 2.45) is 0 Å². The summed E-state index contributed by atoms with van der Waals surface area (Å²) in [5, 5.41) is 12.5. The Balaban J connectivity index is 2.79. The van der Waals surface area contributed by atoms with Crippen molar-refractivity contribution in [2.75, 3.05) is 13.1 Å². The Kier molecular flexibility index (Phi) is 3.37.